The second-order valence-corrected chi connectivity index (χ2v) is 6.70. The van der Waals surface area contributed by atoms with Crippen LogP contribution in [0.1, 0.15) is 23.3 Å². The van der Waals surface area contributed by atoms with Crippen LogP contribution in [0.2, 0.25) is 5.02 Å². The molecule has 7 nitrogen and oxygen atoms in total. The Morgan fingerprint density at radius 3 is 2.89 bits per heavy atom. The average Bonchev–Trinajstić information content (AvgIpc) is 2.61. The Hall–Kier alpha value is -3.13. The molecule has 3 heterocycles. The summed E-state index contributed by atoms with van der Waals surface area (Å²) in [6, 6.07) is 2.23. The van der Waals surface area contributed by atoms with Gasteiger partial charge in [0.1, 0.15) is 23.8 Å². The summed E-state index contributed by atoms with van der Waals surface area (Å²) >= 11 is 6.01. The zero-order chi connectivity index (χ0) is 19.5. The minimum atomic E-state index is -1.37. The number of aromatic carboxylic acids is 1. The summed E-state index contributed by atoms with van der Waals surface area (Å²) < 4.78 is 22.3. The van der Waals surface area contributed by atoms with Crippen molar-refractivity contribution in [2.45, 2.75) is 13.0 Å². The quantitative estimate of drug-likeness (QED) is 0.697. The second-order valence-electron chi connectivity index (χ2n) is 6.29. The van der Waals surface area contributed by atoms with Crippen LogP contribution >= 0.6 is 11.6 Å². The van der Waals surface area contributed by atoms with Crippen molar-refractivity contribution < 1.29 is 19.0 Å². The fourth-order valence-corrected chi connectivity index (χ4v) is 3.40. The molecule has 0 aliphatic carbocycles. The molecule has 0 fully saturated rings. The molecule has 9 heteroatoms. The first-order chi connectivity index (χ1) is 12.8. The largest absolute Gasteiger partial charge is 0.488 e. The summed E-state index contributed by atoms with van der Waals surface area (Å²) in [5, 5.41) is 9.40. The number of pyridine rings is 2. The highest BCUT2D eigenvalue weighted by Crippen LogP contribution is 2.42. The molecule has 1 atom stereocenters. The highest BCUT2D eigenvalue weighted by atomic mass is 35.5. The molecule has 0 unspecified atom stereocenters. The normalized spacial score (nSPS) is 15.6. The Bertz CT molecular complexity index is 1190. The molecular formula is C18H13ClFN3O4. The molecule has 0 radical (unpaired) electrons. The van der Waals surface area contributed by atoms with Gasteiger partial charge in [0.2, 0.25) is 5.43 Å². The number of hydrogen-bond acceptors (Lipinski definition) is 5. The third-order valence-corrected chi connectivity index (χ3v) is 4.86. The molecule has 0 amide bonds. The number of hydrogen-bond donors (Lipinski definition) is 2. The van der Waals surface area contributed by atoms with E-state index in [4.69, 9.17) is 22.1 Å². The average molecular weight is 390 g/mol. The van der Waals surface area contributed by atoms with Gasteiger partial charge in [-0.2, -0.15) is 0 Å². The standard InChI is InChI=1S/C18H13ClFN3O4/c1-7-6-27-16-13(8-2-11(19)17(21)22-4-8)12(20)3-9-14(16)23(7)5-10(15(9)24)18(25)26/h2-5,7H,6H2,1H3,(H2,21,22)(H,25,26)/t7-/m0/s1. The number of ether oxygens (including phenoxy) is 1. The van der Waals surface area contributed by atoms with Crippen LogP contribution in [0.25, 0.3) is 22.0 Å². The van der Waals surface area contributed by atoms with Gasteiger partial charge in [-0.3, -0.25) is 4.79 Å². The Morgan fingerprint density at radius 1 is 1.48 bits per heavy atom. The molecule has 1 aliphatic heterocycles. The van der Waals surface area contributed by atoms with Crippen LogP contribution < -0.4 is 15.9 Å². The molecule has 0 spiro atoms. The monoisotopic (exact) mass is 389 g/mol. The van der Waals surface area contributed by atoms with Gasteiger partial charge in [-0.05, 0) is 19.1 Å². The van der Waals surface area contributed by atoms with Crippen molar-refractivity contribution in [3.05, 3.63) is 51.2 Å². The van der Waals surface area contributed by atoms with E-state index in [-0.39, 0.29) is 40.2 Å². The number of rotatable bonds is 2. The van der Waals surface area contributed by atoms with E-state index in [0.29, 0.717) is 11.1 Å². The number of nitrogens with two attached hydrogens (primary N) is 1. The molecule has 0 bridgehead atoms. The molecule has 138 valence electrons. The first-order valence-corrected chi connectivity index (χ1v) is 8.36. The number of carboxylic acid groups (broad SMARTS) is 1. The number of aromatic nitrogens is 2. The lowest BCUT2D eigenvalue weighted by molar-refractivity contribution is 0.0694. The predicted molar refractivity (Wildman–Crippen MR) is 98.0 cm³/mol. The van der Waals surface area contributed by atoms with E-state index in [9.17, 15) is 19.1 Å². The van der Waals surface area contributed by atoms with Gasteiger partial charge in [0, 0.05) is 18.0 Å². The van der Waals surface area contributed by atoms with Crippen molar-refractivity contribution in [1.82, 2.24) is 9.55 Å². The zero-order valence-corrected chi connectivity index (χ0v) is 14.7. The van der Waals surface area contributed by atoms with Gasteiger partial charge in [-0.25, -0.2) is 14.2 Å². The van der Waals surface area contributed by atoms with Crippen molar-refractivity contribution in [1.29, 1.82) is 0 Å². The third-order valence-electron chi connectivity index (χ3n) is 4.56. The first-order valence-electron chi connectivity index (χ1n) is 7.98. The van der Waals surface area contributed by atoms with Crippen molar-refractivity contribution in [3.8, 4) is 16.9 Å². The number of carboxylic acids is 1. The SMILES string of the molecule is C[C@H]1COc2c(-c3cnc(N)c(Cl)c3)c(F)cc3c(=O)c(C(=O)O)cn1c23. The fraction of sp³-hybridized carbons (Fsp3) is 0.167. The number of nitrogen functional groups attached to an aromatic ring is 1. The van der Waals surface area contributed by atoms with E-state index in [2.05, 4.69) is 4.98 Å². The van der Waals surface area contributed by atoms with Crippen molar-refractivity contribution in [2.75, 3.05) is 12.3 Å². The molecule has 0 saturated heterocycles. The van der Waals surface area contributed by atoms with Crippen LogP contribution in [0.15, 0.2) is 29.3 Å². The highest BCUT2D eigenvalue weighted by molar-refractivity contribution is 6.33. The van der Waals surface area contributed by atoms with Gasteiger partial charge < -0.3 is 20.1 Å². The van der Waals surface area contributed by atoms with Crippen molar-refractivity contribution in [2.24, 2.45) is 0 Å². The van der Waals surface area contributed by atoms with Gasteiger partial charge in [0.05, 0.1) is 27.5 Å². The van der Waals surface area contributed by atoms with Crippen molar-refractivity contribution >= 4 is 34.3 Å². The van der Waals surface area contributed by atoms with Crippen LogP contribution in [0.4, 0.5) is 10.2 Å². The van der Waals surface area contributed by atoms with E-state index in [1.54, 1.807) is 4.57 Å². The molecule has 27 heavy (non-hydrogen) atoms. The van der Waals surface area contributed by atoms with E-state index in [1.807, 2.05) is 6.92 Å². The summed E-state index contributed by atoms with van der Waals surface area (Å²) in [6.45, 7) is 1.99. The topological polar surface area (TPSA) is 107 Å². The van der Waals surface area contributed by atoms with E-state index in [1.165, 1.54) is 18.5 Å². The first kappa shape index (κ1) is 17.3. The lowest BCUT2D eigenvalue weighted by atomic mass is 9.99. The van der Waals surface area contributed by atoms with E-state index < -0.39 is 22.8 Å². The third kappa shape index (κ3) is 2.52. The Balaban J connectivity index is 2.14. The molecule has 1 aliphatic rings. The number of anilines is 1. The smallest absolute Gasteiger partial charge is 0.341 e. The predicted octanol–water partition coefficient (Wildman–Crippen LogP) is 3.09. The summed E-state index contributed by atoms with van der Waals surface area (Å²) in [4.78, 5) is 27.9. The van der Waals surface area contributed by atoms with Crippen molar-refractivity contribution in [3.63, 3.8) is 0 Å². The van der Waals surface area contributed by atoms with Crippen LogP contribution in [-0.2, 0) is 0 Å². The number of nitrogens with zero attached hydrogens (tertiary/aromatic N) is 2. The molecule has 3 aromatic rings. The minimum absolute atomic E-state index is 0.0628. The number of halogens is 2. The Labute approximate surface area is 156 Å². The van der Waals surface area contributed by atoms with Gasteiger partial charge >= 0.3 is 5.97 Å². The molecule has 2 aromatic heterocycles. The van der Waals surface area contributed by atoms with Crippen LogP contribution in [0, 0.1) is 5.82 Å². The van der Waals surface area contributed by atoms with E-state index in [0.717, 1.165) is 6.07 Å². The number of carbonyl (C=O) groups is 1. The zero-order valence-electron chi connectivity index (χ0n) is 14.0. The summed E-state index contributed by atoms with van der Waals surface area (Å²) in [5.41, 5.74) is 5.16. The molecule has 4 rings (SSSR count). The molecule has 0 saturated carbocycles. The second kappa shape index (κ2) is 5.95. The molecule has 1 aromatic carbocycles. The summed E-state index contributed by atoms with van der Waals surface area (Å²) in [7, 11) is 0. The Morgan fingerprint density at radius 2 is 2.22 bits per heavy atom. The van der Waals surface area contributed by atoms with Crippen LogP contribution in [-0.4, -0.2) is 27.2 Å². The molecule has 3 N–H and O–H groups in total. The minimum Gasteiger partial charge on any atom is -0.488 e. The van der Waals surface area contributed by atoms with Crippen LogP contribution in [0.5, 0.6) is 5.75 Å². The number of benzene rings is 1. The van der Waals surface area contributed by atoms with E-state index >= 15 is 0 Å². The molecular weight excluding hydrogens is 377 g/mol. The van der Waals surface area contributed by atoms with Gasteiger partial charge in [-0.1, -0.05) is 11.6 Å². The lowest BCUT2D eigenvalue weighted by Crippen LogP contribution is -2.27. The highest BCUT2D eigenvalue weighted by Gasteiger charge is 2.28. The summed E-state index contributed by atoms with van der Waals surface area (Å²) in [5.74, 6) is -1.88. The maximum Gasteiger partial charge on any atom is 0.341 e. The fourth-order valence-electron chi connectivity index (χ4n) is 3.23. The van der Waals surface area contributed by atoms with Gasteiger partial charge in [0.25, 0.3) is 0 Å². The van der Waals surface area contributed by atoms with Gasteiger partial charge in [0.15, 0.2) is 5.75 Å². The summed E-state index contributed by atoms with van der Waals surface area (Å²) in [6.07, 6.45) is 2.62. The van der Waals surface area contributed by atoms with Crippen LogP contribution in [0.3, 0.4) is 0 Å². The van der Waals surface area contributed by atoms with Gasteiger partial charge in [-0.15, -0.1) is 0 Å². The Kier molecular flexibility index (Phi) is 3.81. The lowest BCUT2D eigenvalue weighted by Gasteiger charge is -2.28. The maximum atomic E-state index is 15.0. The maximum absolute atomic E-state index is 15.0.